The minimum absolute atomic E-state index is 0.134. The SMILES string of the molecule is Cc1ccc(S(=O)(=O)ONC(CC(=O)OC(C)(C)C)NOS(=O)(=O)c2ccc(C)cc2)cc1. The monoisotopic (exact) mass is 500 g/mol. The van der Waals surface area contributed by atoms with Gasteiger partial charge in [-0.15, -0.1) is 0 Å². The van der Waals surface area contributed by atoms with Crippen LogP contribution >= 0.6 is 0 Å². The van der Waals surface area contributed by atoms with E-state index in [9.17, 15) is 21.6 Å². The molecule has 0 radical (unpaired) electrons. The van der Waals surface area contributed by atoms with E-state index in [2.05, 4.69) is 11.0 Å². The summed E-state index contributed by atoms with van der Waals surface area (Å²) in [7, 11) is -8.52. The average molecular weight is 501 g/mol. The van der Waals surface area contributed by atoms with E-state index in [1.807, 2.05) is 0 Å². The van der Waals surface area contributed by atoms with Gasteiger partial charge >= 0.3 is 26.2 Å². The second-order valence-corrected chi connectivity index (χ2v) is 11.4. The van der Waals surface area contributed by atoms with E-state index < -0.39 is 44.4 Å². The number of benzene rings is 2. The molecule has 0 aliphatic heterocycles. The molecule has 33 heavy (non-hydrogen) atoms. The highest BCUT2D eigenvalue weighted by Crippen LogP contribution is 2.15. The van der Waals surface area contributed by atoms with Crippen LogP contribution in [0.4, 0.5) is 0 Å². The maximum Gasteiger partial charge on any atom is 0.312 e. The predicted molar refractivity (Wildman–Crippen MR) is 119 cm³/mol. The second kappa shape index (κ2) is 10.7. The maximum absolute atomic E-state index is 12.4. The minimum atomic E-state index is -4.26. The molecule has 0 saturated heterocycles. The Kier molecular flexibility index (Phi) is 8.74. The van der Waals surface area contributed by atoms with Crippen LogP contribution in [0, 0.1) is 13.8 Å². The number of esters is 1. The normalized spacial score (nSPS) is 12.7. The zero-order valence-corrected chi connectivity index (χ0v) is 20.6. The molecular weight excluding hydrogens is 472 g/mol. The Labute approximate surface area is 194 Å². The smallest absolute Gasteiger partial charge is 0.312 e. The summed E-state index contributed by atoms with van der Waals surface area (Å²) < 4.78 is 64.5. The lowest BCUT2D eigenvalue weighted by Gasteiger charge is -2.23. The number of carbonyl (C=O) groups is 1. The van der Waals surface area contributed by atoms with Gasteiger partial charge in [-0.2, -0.15) is 36.4 Å². The maximum atomic E-state index is 12.4. The van der Waals surface area contributed by atoms with Crippen molar-refractivity contribution in [2.24, 2.45) is 0 Å². The van der Waals surface area contributed by atoms with E-state index in [0.29, 0.717) is 0 Å². The van der Waals surface area contributed by atoms with E-state index in [1.165, 1.54) is 24.3 Å². The van der Waals surface area contributed by atoms with Crippen molar-refractivity contribution >= 4 is 26.2 Å². The van der Waals surface area contributed by atoms with Crippen molar-refractivity contribution in [2.45, 2.75) is 62.6 Å². The standard InChI is InChI=1S/C21H28N2O8S2/c1-15-6-10-17(11-7-15)32(25,26)30-22-19(14-20(24)29-21(3,4)5)23-31-33(27,28)18-12-8-16(2)9-13-18/h6-13,19,22-23H,14H2,1-5H3. The lowest BCUT2D eigenvalue weighted by atomic mass is 10.2. The van der Waals surface area contributed by atoms with Gasteiger partial charge < -0.3 is 4.74 Å². The molecule has 2 N–H and O–H groups in total. The van der Waals surface area contributed by atoms with E-state index in [-0.39, 0.29) is 9.79 Å². The molecule has 0 atom stereocenters. The molecule has 2 aromatic carbocycles. The van der Waals surface area contributed by atoms with Crippen LogP contribution in [0.25, 0.3) is 0 Å². The largest absolute Gasteiger partial charge is 0.460 e. The van der Waals surface area contributed by atoms with E-state index >= 15 is 0 Å². The number of rotatable bonds is 10. The topological polar surface area (TPSA) is 137 Å². The highest BCUT2D eigenvalue weighted by Gasteiger charge is 2.26. The Balaban J connectivity index is 2.14. The molecule has 0 bridgehead atoms. The summed E-state index contributed by atoms with van der Waals surface area (Å²) in [4.78, 5) is 12.0. The molecule has 0 unspecified atom stereocenters. The fourth-order valence-electron chi connectivity index (χ4n) is 2.41. The molecule has 0 spiro atoms. The third-order valence-corrected chi connectivity index (χ3v) is 6.34. The quantitative estimate of drug-likeness (QED) is 0.284. The van der Waals surface area contributed by atoms with Crippen molar-refractivity contribution in [1.29, 1.82) is 0 Å². The van der Waals surface area contributed by atoms with Crippen LogP contribution in [0.1, 0.15) is 38.3 Å². The number of nitrogens with one attached hydrogen (secondary N) is 2. The molecule has 0 fully saturated rings. The molecule has 10 nitrogen and oxygen atoms in total. The molecule has 12 heteroatoms. The fourth-order valence-corrected chi connectivity index (χ4v) is 4.02. The van der Waals surface area contributed by atoms with Crippen molar-refractivity contribution in [2.75, 3.05) is 0 Å². The van der Waals surface area contributed by atoms with Gasteiger partial charge in [-0.3, -0.25) is 4.79 Å². The lowest BCUT2D eigenvalue weighted by molar-refractivity contribution is -0.157. The molecule has 0 amide bonds. The van der Waals surface area contributed by atoms with Gasteiger partial charge in [-0.05, 0) is 58.9 Å². The molecular formula is C21H28N2O8S2. The molecule has 0 saturated carbocycles. The van der Waals surface area contributed by atoms with Gasteiger partial charge in [0.2, 0.25) is 0 Å². The van der Waals surface area contributed by atoms with Gasteiger partial charge in [0.15, 0.2) is 0 Å². The van der Waals surface area contributed by atoms with Crippen molar-refractivity contribution in [1.82, 2.24) is 11.0 Å². The predicted octanol–water partition coefficient (Wildman–Crippen LogP) is 2.48. The van der Waals surface area contributed by atoms with Crippen LogP contribution in [-0.2, 0) is 38.3 Å². The number of ether oxygens (including phenoxy) is 1. The van der Waals surface area contributed by atoms with Crippen LogP contribution in [0.2, 0.25) is 0 Å². The van der Waals surface area contributed by atoms with Gasteiger partial charge in [-0.25, -0.2) is 0 Å². The van der Waals surface area contributed by atoms with Crippen molar-refractivity contribution < 1.29 is 34.9 Å². The summed E-state index contributed by atoms with van der Waals surface area (Å²) in [5.41, 5.74) is 5.15. The molecule has 2 aromatic rings. The van der Waals surface area contributed by atoms with Gasteiger partial charge in [0, 0.05) is 0 Å². The first kappa shape index (κ1) is 26.9. The van der Waals surface area contributed by atoms with Crippen LogP contribution in [-0.4, -0.2) is 34.6 Å². The Morgan fingerprint density at radius 1 is 0.788 bits per heavy atom. The van der Waals surface area contributed by atoms with Crippen LogP contribution in [0.3, 0.4) is 0 Å². The van der Waals surface area contributed by atoms with Gasteiger partial charge in [-0.1, -0.05) is 35.4 Å². The zero-order valence-electron chi connectivity index (χ0n) is 19.0. The summed E-state index contributed by atoms with van der Waals surface area (Å²) in [5.74, 6) is -0.750. The molecule has 182 valence electrons. The minimum Gasteiger partial charge on any atom is -0.460 e. The lowest BCUT2D eigenvalue weighted by Crippen LogP contribution is -2.46. The molecule has 0 aromatic heterocycles. The molecule has 0 heterocycles. The summed E-state index contributed by atoms with van der Waals surface area (Å²) >= 11 is 0. The molecule has 0 aliphatic carbocycles. The Hall–Kier alpha value is -2.35. The number of carbonyl (C=O) groups excluding carboxylic acids is 1. The van der Waals surface area contributed by atoms with Crippen molar-refractivity contribution in [3.63, 3.8) is 0 Å². The second-order valence-electron chi connectivity index (χ2n) is 8.28. The number of hydrogen-bond acceptors (Lipinski definition) is 10. The first-order chi connectivity index (χ1) is 15.2. The summed E-state index contributed by atoms with van der Waals surface area (Å²) in [6.45, 7) is 8.54. The zero-order chi connectivity index (χ0) is 24.9. The number of aryl methyl sites for hydroxylation is 2. The van der Waals surface area contributed by atoms with E-state index in [1.54, 1.807) is 58.9 Å². The van der Waals surface area contributed by atoms with Crippen LogP contribution < -0.4 is 11.0 Å². The first-order valence-electron chi connectivity index (χ1n) is 9.91. The summed E-state index contributed by atoms with van der Waals surface area (Å²) in [6.07, 6.45) is -1.90. The third-order valence-electron chi connectivity index (χ3n) is 4.01. The van der Waals surface area contributed by atoms with E-state index in [0.717, 1.165) is 11.1 Å². The highest BCUT2D eigenvalue weighted by molar-refractivity contribution is 7.87. The summed E-state index contributed by atoms with van der Waals surface area (Å²) in [5, 5.41) is 0. The Morgan fingerprint density at radius 2 is 1.15 bits per heavy atom. The number of hydrogen-bond donors (Lipinski definition) is 2. The Morgan fingerprint density at radius 3 is 1.48 bits per heavy atom. The Bertz CT molecular complexity index is 1070. The van der Waals surface area contributed by atoms with E-state index in [4.69, 9.17) is 13.3 Å². The van der Waals surface area contributed by atoms with Gasteiger partial charge in [0.25, 0.3) is 0 Å². The van der Waals surface area contributed by atoms with Crippen LogP contribution in [0.5, 0.6) is 0 Å². The summed E-state index contributed by atoms with van der Waals surface area (Å²) in [6, 6.07) is 11.7. The van der Waals surface area contributed by atoms with Crippen LogP contribution in [0.15, 0.2) is 58.3 Å². The first-order valence-corrected chi connectivity index (χ1v) is 12.7. The average Bonchev–Trinajstić information content (AvgIpc) is 2.69. The number of hydroxylamine groups is 2. The van der Waals surface area contributed by atoms with Crippen molar-refractivity contribution in [3.05, 3.63) is 59.7 Å². The van der Waals surface area contributed by atoms with Gasteiger partial charge in [0.05, 0.1) is 16.2 Å². The molecule has 2 rings (SSSR count). The highest BCUT2D eigenvalue weighted by atomic mass is 32.2. The fraction of sp³-hybridized carbons (Fsp3) is 0.381. The molecule has 0 aliphatic rings. The third kappa shape index (κ3) is 8.84. The van der Waals surface area contributed by atoms with Gasteiger partial charge in [0.1, 0.15) is 11.8 Å². The van der Waals surface area contributed by atoms with Crippen molar-refractivity contribution in [3.8, 4) is 0 Å².